The minimum absolute atomic E-state index is 0.212. The summed E-state index contributed by atoms with van der Waals surface area (Å²) in [6.07, 6.45) is 2.42. The van der Waals surface area contributed by atoms with Crippen LogP contribution in [0.2, 0.25) is 0 Å². The van der Waals surface area contributed by atoms with Crippen LogP contribution in [-0.2, 0) is 35.5 Å². The van der Waals surface area contributed by atoms with Gasteiger partial charge in [0, 0.05) is 35.3 Å². The molecule has 0 saturated carbocycles. The minimum atomic E-state index is -0.703. The fourth-order valence-electron chi connectivity index (χ4n) is 5.28. The molecule has 4 amide bonds. The Morgan fingerprint density at radius 3 is 2.00 bits per heavy atom. The average molecular weight is 690 g/mol. The van der Waals surface area contributed by atoms with Gasteiger partial charge in [-0.3, -0.25) is 4.79 Å². The Labute approximate surface area is 292 Å². The Morgan fingerprint density at radius 1 is 0.833 bits per heavy atom. The van der Waals surface area contributed by atoms with Gasteiger partial charge in [0.2, 0.25) is 5.91 Å². The van der Waals surface area contributed by atoms with Crippen LogP contribution in [0.5, 0.6) is 0 Å². The molecule has 4 aromatic rings. The van der Waals surface area contributed by atoms with Crippen LogP contribution in [0, 0.1) is 0 Å². The number of nitrogens with zero attached hydrogens (tertiary/aromatic N) is 2. The Hall–Kier alpha value is -4.22. The number of hydrogen-bond acceptors (Lipinski definition) is 7. The first-order chi connectivity index (χ1) is 23.2. The van der Waals surface area contributed by atoms with Crippen LogP contribution in [0.1, 0.15) is 72.7 Å². The number of rotatable bonds is 17. The topological polar surface area (TPSA) is 113 Å². The van der Waals surface area contributed by atoms with Gasteiger partial charge >= 0.3 is 12.1 Å². The molecule has 0 saturated heterocycles. The maximum absolute atomic E-state index is 13.6. The highest BCUT2D eigenvalue weighted by atomic mass is 32.1. The van der Waals surface area contributed by atoms with Gasteiger partial charge in [0.05, 0.1) is 17.2 Å². The highest BCUT2D eigenvalue weighted by molar-refractivity contribution is 7.10. The second kappa shape index (κ2) is 18.9. The SMILES string of the molecule is CC[C@H](NC(=O)N(C)Cc1csc(C(C)C)n1)C(=O)N[C@H](CC[C@H](Cc1ccccc1)NC(=O)OCc1cccs1)Cc1ccccc1. The van der Waals surface area contributed by atoms with E-state index in [9.17, 15) is 14.4 Å². The van der Waals surface area contributed by atoms with Gasteiger partial charge in [-0.1, -0.05) is 87.5 Å². The first kappa shape index (κ1) is 36.6. The van der Waals surface area contributed by atoms with Crippen molar-refractivity contribution in [3.8, 4) is 0 Å². The third-order valence-corrected chi connectivity index (χ3v) is 9.98. The molecule has 0 radical (unpaired) electrons. The van der Waals surface area contributed by atoms with E-state index in [1.807, 2.05) is 90.5 Å². The van der Waals surface area contributed by atoms with Crippen LogP contribution in [0.15, 0.2) is 83.6 Å². The van der Waals surface area contributed by atoms with Crippen molar-refractivity contribution in [3.63, 3.8) is 0 Å². The molecule has 2 aromatic carbocycles. The molecule has 256 valence electrons. The molecule has 11 heteroatoms. The van der Waals surface area contributed by atoms with Crippen LogP contribution < -0.4 is 16.0 Å². The highest BCUT2D eigenvalue weighted by Gasteiger charge is 2.25. The van der Waals surface area contributed by atoms with Gasteiger partial charge in [-0.25, -0.2) is 14.6 Å². The molecule has 3 N–H and O–H groups in total. The number of aromatic nitrogens is 1. The molecule has 4 rings (SSSR count). The van der Waals surface area contributed by atoms with E-state index in [0.29, 0.717) is 44.6 Å². The summed E-state index contributed by atoms with van der Waals surface area (Å²) >= 11 is 3.13. The summed E-state index contributed by atoms with van der Waals surface area (Å²) in [6, 6.07) is 22.4. The van der Waals surface area contributed by atoms with Crippen molar-refractivity contribution in [2.75, 3.05) is 7.05 Å². The number of carbonyl (C=O) groups is 3. The molecule has 2 aromatic heterocycles. The first-order valence-electron chi connectivity index (χ1n) is 16.5. The molecule has 0 fully saturated rings. The third-order valence-electron chi connectivity index (χ3n) is 7.94. The Kier molecular flexibility index (Phi) is 14.5. The number of alkyl carbamates (subject to hydrolysis) is 1. The van der Waals surface area contributed by atoms with E-state index in [0.717, 1.165) is 26.7 Å². The summed E-state index contributed by atoms with van der Waals surface area (Å²) < 4.78 is 5.52. The van der Waals surface area contributed by atoms with Gasteiger partial charge in [-0.2, -0.15) is 0 Å². The predicted molar refractivity (Wildman–Crippen MR) is 193 cm³/mol. The van der Waals surface area contributed by atoms with E-state index < -0.39 is 12.1 Å². The fraction of sp³-hybridized carbons (Fsp3) is 0.405. The van der Waals surface area contributed by atoms with Crippen molar-refractivity contribution >= 4 is 40.7 Å². The second-order valence-corrected chi connectivity index (χ2v) is 14.2. The molecule has 0 bridgehead atoms. The zero-order valence-corrected chi connectivity index (χ0v) is 29.8. The van der Waals surface area contributed by atoms with E-state index in [1.165, 1.54) is 0 Å². The molecular formula is C37H47N5O4S2. The summed E-state index contributed by atoms with van der Waals surface area (Å²) in [7, 11) is 1.71. The monoisotopic (exact) mass is 689 g/mol. The van der Waals surface area contributed by atoms with Crippen molar-refractivity contribution in [1.82, 2.24) is 25.8 Å². The van der Waals surface area contributed by atoms with Crippen LogP contribution >= 0.6 is 22.7 Å². The van der Waals surface area contributed by atoms with Gasteiger partial charge in [0.25, 0.3) is 0 Å². The van der Waals surface area contributed by atoms with Crippen LogP contribution in [0.4, 0.5) is 9.59 Å². The number of carbonyl (C=O) groups excluding carboxylic acids is 3. The molecule has 0 aliphatic heterocycles. The quantitative estimate of drug-likeness (QED) is 0.108. The normalized spacial score (nSPS) is 12.9. The molecular weight excluding hydrogens is 643 g/mol. The van der Waals surface area contributed by atoms with Crippen molar-refractivity contribution < 1.29 is 19.1 Å². The van der Waals surface area contributed by atoms with Gasteiger partial charge in [0.15, 0.2) is 0 Å². The number of thiophene rings is 1. The largest absolute Gasteiger partial charge is 0.444 e. The lowest BCUT2D eigenvalue weighted by atomic mass is 9.95. The van der Waals surface area contributed by atoms with Crippen LogP contribution in [0.3, 0.4) is 0 Å². The fourth-order valence-corrected chi connectivity index (χ4v) is 6.72. The predicted octanol–water partition coefficient (Wildman–Crippen LogP) is 7.29. The molecule has 48 heavy (non-hydrogen) atoms. The molecule has 0 unspecified atom stereocenters. The zero-order chi connectivity index (χ0) is 34.3. The number of amides is 4. The smallest absolute Gasteiger partial charge is 0.407 e. The minimum Gasteiger partial charge on any atom is -0.444 e. The molecule has 3 atom stereocenters. The number of urea groups is 1. The van der Waals surface area contributed by atoms with Gasteiger partial charge in [-0.15, -0.1) is 22.7 Å². The summed E-state index contributed by atoms with van der Waals surface area (Å²) in [6.45, 7) is 6.64. The van der Waals surface area contributed by atoms with Crippen molar-refractivity contribution in [3.05, 3.63) is 110 Å². The number of ether oxygens (including phenoxy) is 1. The maximum atomic E-state index is 13.6. The highest BCUT2D eigenvalue weighted by Crippen LogP contribution is 2.20. The average Bonchev–Trinajstić information content (AvgIpc) is 3.79. The maximum Gasteiger partial charge on any atom is 0.407 e. The van der Waals surface area contributed by atoms with E-state index in [-0.39, 0.29) is 30.6 Å². The molecule has 0 aliphatic rings. The van der Waals surface area contributed by atoms with Crippen molar-refractivity contribution in [2.24, 2.45) is 0 Å². The number of thiazole rings is 1. The Balaban J connectivity index is 1.40. The van der Waals surface area contributed by atoms with E-state index in [1.54, 1.807) is 34.6 Å². The van der Waals surface area contributed by atoms with E-state index >= 15 is 0 Å². The summed E-state index contributed by atoms with van der Waals surface area (Å²) in [5, 5.41) is 14.2. The molecule has 2 heterocycles. The van der Waals surface area contributed by atoms with E-state index in [2.05, 4.69) is 34.8 Å². The lowest BCUT2D eigenvalue weighted by molar-refractivity contribution is -0.123. The van der Waals surface area contributed by atoms with Crippen LogP contribution in [0.25, 0.3) is 0 Å². The Morgan fingerprint density at radius 2 is 1.46 bits per heavy atom. The second-order valence-electron chi connectivity index (χ2n) is 12.3. The summed E-state index contributed by atoms with van der Waals surface area (Å²) in [5.74, 6) is 0.0911. The van der Waals surface area contributed by atoms with Crippen molar-refractivity contribution in [2.45, 2.75) is 90.1 Å². The molecule has 9 nitrogen and oxygen atoms in total. The van der Waals surface area contributed by atoms with Gasteiger partial charge < -0.3 is 25.6 Å². The van der Waals surface area contributed by atoms with Crippen LogP contribution in [-0.4, -0.2) is 53.1 Å². The Bertz CT molecular complexity index is 1550. The number of hydrogen-bond donors (Lipinski definition) is 3. The molecule has 0 spiro atoms. The first-order valence-corrected chi connectivity index (χ1v) is 18.3. The van der Waals surface area contributed by atoms with Crippen molar-refractivity contribution in [1.29, 1.82) is 0 Å². The zero-order valence-electron chi connectivity index (χ0n) is 28.2. The molecule has 0 aliphatic carbocycles. The number of benzene rings is 2. The third kappa shape index (κ3) is 12.1. The lowest BCUT2D eigenvalue weighted by Crippen LogP contribution is -2.52. The lowest BCUT2D eigenvalue weighted by Gasteiger charge is -2.26. The number of nitrogens with one attached hydrogen (secondary N) is 3. The standard InChI is InChI=1S/C37H47N5O4S2/c1-5-33(41-36(44)42(4)23-31-25-48-35(39-31)26(2)3)34(43)38-29(21-27-13-8-6-9-14-27)18-19-30(22-28-15-10-7-11-16-28)40-37(45)46-24-32-17-12-20-47-32/h6-17,20,25-26,29-30,33H,5,18-19,21-24H2,1-4H3,(H,38,43)(H,40,45)(H,41,44)/t29-,30-,33+/m1/s1. The summed E-state index contributed by atoms with van der Waals surface area (Å²) in [4.78, 5) is 46.7. The van der Waals surface area contributed by atoms with Gasteiger partial charge in [-0.05, 0) is 54.7 Å². The summed E-state index contributed by atoms with van der Waals surface area (Å²) in [5.41, 5.74) is 3.02. The van der Waals surface area contributed by atoms with Gasteiger partial charge in [0.1, 0.15) is 12.6 Å². The van der Waals surface area contributed by atoms with E-state index in [4.69, 9.17) is 4.74 Å².